The molecule has 0 bridgehead atoms. The molecule has 24 heavy (non-hydrogen) atoms. The van der Waals surface area contributed by atoms with E-state index >= 15 is 0 Å². The maximum Gasteiger partial charge on any atom is 0.275 e. The van der Waals surface area contributed by atoms with Crippen LogP contribution in [0.5, 0.6) is 0 Å². The van der Waals surface area contributed by atoms with E-state index in [2.05, 4.69) is 15.3 Å². The number of nitrogens with zero attached hydrogens (tertiary/aromatic N) is 2. The minimum Gasteiger partial charge on any atom is -0.366 e. The molecule has 0 unspecified atom stereocenters. The molecule has 3 rings (SSSR count). The molecule has 6 nitrogen and oxygen atoms in total. The van der Waals surface area contributed by atoms with Gasteiger partial charge in [0.2, 0.25) is 0 Å². The zero-order valence-corrected chi connectivity index (χ0v) is 13.8. The third kappa shape index (κ3) is 3.42. The quantitative estimate of drug-likeness (QED) is 0.748. The molecule has 0 saturated heterocycles. The van der Waals surface area contributed by atoms with Crippen LogP contribution >= 0.6 is 22.9 Å². The molecule has 0 saturated carbocycles. The predicted molar refractivity (Wildman–Crippen MR) is 93.3 cm³/mol. The van der Waals surface area contributed by atoms with Crippen molar-refractivity contribution in [3.05, 3.63) is 64.4 Å². The standard InChI is InChI=1S/C16H11ClN4O2S/c17-10-3-4-12(11(6-10)14(18)22)20-15(23)13-8-24-16(21-13)9-2-1-5-19-7-9/h1-8H,(H2,18,22)(H,20,23). The van der Waals surface area contributed by atoms with Gasteiger partial charge in [0.15, 0.2) is 0 Å². The Kier molecular flexibility index (Phi) is 4.54. The number of thiazole rings is 1. The highest BCUT2D eigenvalue weighted by molar-refractivity contribution is 7.13. The number of pyridine rings is 1. The molecule has 0 aliphatic heterocycles. The summed E-state index contributed by atoms with van der Waals surface area (Å²) in [7, 11) is 0. The maximum absolute atomic E-state index is 12.4. The zero-order valence-electron chi connectivity index (χ0n) is 12.2. The van der Waals surface area contributed by atoms with Crippen molar-refractivity contribution >= 4 is 40.4 Å². The van der Waals surface area contributed by atoms with E-state index < -0.39 is 11.8 Å². The minimum atomic E-state index is -0.679. The molecule has 0 atom stereocenters. The molecule has 0 aliphatic rings. The average Bonchev–Trinajstić information content (AvgIpc) is 3.07. The smallest absolute Gasteiger partial charge is 0.275 e. The third-order valence-corrected chi connectivity index (χ3v) is 4.27. The molecule has 0 aliphatic carbocycles. The van der Waals surface area contributed by atoms with Gasteiger partial charge in [-0.3, -0.25) is 14.6 Å². The summed E-state index contributed by atoms with van der Waals surface area (Å²) >= 11 is 7.18. The average molecular weight is 359 g/mol. The number of aromatic nitrogens is 2. The number of nitrogens with two attached hydrogens (primary N) is 1. The number of halogens is 1. The van der Waals surface area contributed by atoms with Crippen molar-refractivity contribution < 1.29 is 9.59 Å². The van der Waals surface area contributed by atoms with Gasteiger partial charge < -0.3 is 11.1 Å². The molecule has 8 heteroatoms. The van der Waals surface area contributed by atoms with E-state index in [0.29, 0.717) is 10.0 Å². The topological polar surface area (TPSA) is 98.0 Å². The summed E-state index contributed by atoms with van der Waals surface area (Å²) in [6.07, 6.45) is 3.33. The first-order valence-electron chi connectivity index (χ1n) is 6.81. The van der Waals surface area contributed by atoms with Gasteiger partial charge in [0.25, 0.3) is 11.8 Å². The van der Waals surface area contributed by atoms with Gasteiger partial charge in [-0.15, -0.1) is 11.3 Å². The molecule has 2 heterocycles. The summed E-state index contributed by atoms with van der Waals surface area (Å²) in [4.78, 5) is 32.1. The van der Waals surface area contributed by atoms with Crippen LogP contribution in [0.4, 0.5) is 5.69 Å². The van der Waals surface area contributed by atoms with Gasteiger partial charge in [-0.2, -0.15) is 0 Å². The number of hydrogen-bond donors (Lipinski definition) is 2. The lowest BCUT2D eigenvalue weighted by Crippen LogP contribution is -2.18. The van der Waals surface area contributed by atoms with Gasteiger partial charge in [-0.25, -0.2) is 4.98 Å². The molecule has 2 amide bonds. The number of rotatable bonds is 4. The fourth-order valence-corrected chi connectivity index (χ4v) is 2.98. The van der Waals surface area contributed by atoms with Crippen molar-refractivity contribution in [2.75, 3.05) is 5.32 Å². The number of carbonyl (C=O) groups is 2. The SMILES string of the molecule is NC(=O)c1cc(Cl)ccc1NC(=O)c1csc(-c2cccnc2)n1. The van der Waals surface area contributed by atoms with Gasteiger partial charge in [0.1, 0.15) is 10.7 Å². The summed E-state index contributed by atoms with van der Waals surface area (Å²) in [6.45, 7) is 0. The Labute approximate surface area is 146 Å². The van der Waals surface area contributed by atoms with Crippen LogP contribution in [0.1, 0.15) is 20.8 Å². The van der Waals surface area contributed by atoms with Gasteiger partial charge in [0.05, 0.1) is 11.3 Å². The Morgan fingerprint density at radius 1 is 1.25 bits per heavy atom. The van der Waals surface area contributed by atoms with E-state index in [1.165, 1.54) is 23.5 Å². The zero-order chi connectivity index (χ0) is 17.1. The second kappa shape index (κ2) is 6.77. The lowest BCUT2D eigenvalue weighted by molar-refractivity contribution is 0.100. The molecule has 0 spiro atoms. The first-order chi connectivity index (χ1) is 11.5. The summed E-state index contributed by atoms with van der Waals surface area (Å²) in [6, 6.07) is 8.14. The van der Waals surface area contributed by atoms with Crippen LogP contribution in [0, 0.1) is 0 Å². The fourth-order valence-electron chi connectivity index (χ4n) is 2.02. The molecule has 120 valence electrons. The lowest BCUT2D eigenvalue weighted by atomic mass is 10.1. The number of anilines is 1. The van der Waals surface area contributed by atoms with Gasteiger partial charge in [0, 0.05) is 28.4 Å². The number of benzene rings is 1. The molecular weight excluding hydrogens is 348 g/mol. The molecule has 3 N–H and O–H groups in total. The summed E-state index contributed by atoms with van der Waals surface area (Å²) < 4.78 is 0. The fraction of sp³-hybridized carbons (Fsp3) is 0. The van der Waals surface area contributed by atoms with Crippen molar-refractivity contribution in [1.29, 1.82) is 0 Å². The van der Waals surface area contributed by atoms with Crippen molar-refractivity contribution in [3.8, 4) is 10.6 Å². The van der Waals surface area contributed by atoms with E-state index in [0.717, 1.165) is 5.56 Å². The Morgan fingerprint density at radius 2 is 2.08 bits per heavy atom. The van der Waals surface area contributed by atoms with Gasteiger partial charge >= 0.3 is 0 Å². The van der Waals surface area contributed by atoms with E-state index in [1.54, 1.807) is 29.9 Å². The molecule has 1 aromatic carbocycles. The molecule has 0 radical (unpaired) electrons. The van der Waals surface area contributed by atoms with Crippen LogP contribution in [0.25, 0.3) is 10.6 Å². The van der Waals surface area contributed by atoms with Gasteiger partial charge in [-0.05, 0) is 30.3 Å². The number of primary amides is 1. The highest BCUT2D eigenvalue weighted by Gasteiger charge is 2.16. The third-order valence-electron chi connectivity index (χ3n) is 3.14. The van der Waals surface area contributed by atoms with Crippen LogP contribution in [-0.2, 0) is 0 Å². The highest BCUT2D eigenvalue weighted by atomic mass is 35.5. The molecule has 0 fully saturated rings. The van der Waals surface area contributed by atoms with Crippen molar-refractivity contribution in [2.24, 2.45) is 5.73 Å². The van der Waals surface area contributed by atoms with Crippen LogP contribution in [0.15, 0.2) is 48.1 Å². The molecular formula is C16H11ClN4O2S. The van der Waals surface area contributed by atoms with Crippen LogP contribution in [-0.4, -0.2) is 21.8 Å². The van der Waals surface area contributed by atoms with E-state index in [-0.39, 0.29) is 16.9 Å². The monoisotopic (exact) mass is 358 g/mol. The number of amides is 2. The first-order valence-corrected chi connectivity index (χ1v) is 8.07. The second-order valence-electron chi connectivity index (χ2n) is 4.79. The Hall–Kier alpha value is -2.77. The second-order valence-corrected chi connectivity index (χ2v) is 6.08. The number of carbonyl (C=O) groups excluding carboxylic acids is 2. The van der Waals surface area contributed by atoms with Crippen molar-refractivity contribution in [2.45, 2.75) is 0 Å². The predicted octanol–water partition coefficient (Wildman–Crippen LogP) is 3.21. The van der Waals surface area contributed by atoms with Crippen LogP contribution < -0.4 is 11.1 Å². The summed E-state index contributed by atoms with van der Waals surface area (Å²) in [5.74, 6) is -1.12. The largest absolute Gasteiger partial charge is 0.366 e. The van der Waals surface area contributed by atoms with E-state index in [4.69, 9.17) is 17.3 Å². The normalized spacial score (nSPS) is 10.4. The summed E-state index contributed by atoms with van der Waals surface area (Å²) in [5, 5.41) is 5.30. The maximum atomic E-state index is 12.4. The molecule has 2 aromatic heterocycles. The highest BCUT2D eigenvalue weighted by Crippen LogP contribution is 2.24. The van der Waals surface area contributed by atoms with Crippen molar-refractivity contribution in [1.82, 2.24) is 9.97 Å². The molecule has 3 aromatic rings. The summed E-state index contributed by atoms with van der Waals surface area (Å²) in [5.41, 5.74) is 6.80. The van der Waals surface area contributed by atoms with E-state index in [1.807, 2.05) is 6.07 Å². The van der Waals surface area contributed by atoms with Crippen LogP contribution in [0.2, 0.25) is 5.02 Å². The Bertz CT molecular complexity index is 911. The van der Waals surface area contributed by atoms with E-state index in [9.17, 15) is 9.59 Å². The lowest BCUT2D eigenvalue weighted by Gasteiger charge is -2.08. The minimum absolute atomic E-state index is 0.138. The number of hydrogen-bond acceptors (Lipinski definition) is 5. The number of nitrogens with one attached hydrogen (secondary N) is 1. The van der Waals surface area contributed by atoms with Crippen LogP contribution in [0.3, 0.4) is 0 Å². The van der Waals surface area contributed by atoms with Crippen molar-refractivity contribution in [3.63, 3.8) is 0 Å². The Morgan fingerprint density at radius 3 is 2.79 bits per heavy atom. The Balaban J connectivity index is 1.84. The van der Waals surface area contributed by atoms with Gasteiger partial charge in [-0.1, -0.05) is 11.6 Å². The first kappa shape index (κ1) is 16.1.